The second kappa shape index (κ2) is 12.5. The lowest BCUT2D eigenvalue weighted by molar-refractivity contribution is 0.0596. The quantitative estimate of drug-likeness (QED) is 0.224. The van der Waals surface area contributed by atoms with E-state index in [9.17, 15) is 13.2 Å². The summed E-state index contributed by atoms with van der Waals surface area (Å²) in [5, 5.41) is 0.750. The average molecular weight is 607 g/mol. The molecule has 2 heterocycles. The zero-order valence-corrected chi connectivity index (χ0v) is 25.4. The van der Waals surface area contributed by atoms with Gasteiger partial charge >= 0.3 is 5.97 Å². The lowest BCUT2D eigenvalue weighted by Gasteiger charge is -2.33. The molecule has 0 bridgehead atoms. The summed E-state index contributed by atoms with van der Waals surface area (Å²) in [7, 11) is 1.39. The first kappa shape index (κ1) is 29.5. The zero-order valence-electron chi connectivity index (χ0n) is 23.8. The summed E-state index contributed by atoms with van der Waals surface area (Å²) in [6.07, 6.45) is 0.722. The van der Waals surface area contributed by atoms with Crippen molar-refractivity contribution >= 4 is 44.0 Å². The van der Waals surface area contributed by atoms with Crippen molar-refractivity contribution in [1.29, 1.82) is 0 Å². The predicted octanol–water partition coefficient (Wildman–Crippen LogP) is 3.86. The van der Waals surface area contributed by atoms with Gasteiger partial charge in [-0.05, 0) is 53.9 Å². The lowest BCUT2D eigenvalue weighted by atomic mass is 9.91. The molecule has 0 radical (unpaired) electrons. The van der Waals surface area contributed by atoms with E-state index in [1.165, 1.54) is 40.6 Å². The molecule has 2 N–H and O–H groups in total. The van der Waals surface area contributed by atoms with Gasteiger partial charge in [-0.1, -0.05) is 36.4 Å². The minimum absolute atomic E-state index is 0.0289. The van der Waals surface area contributed by atoms with E-state index in [0.29, 0.717) is 18.8 Å². The Morgan fingerprint density at radius 3 is 2.31 bits per heavy atom. The minimum Gasteiger partial charge on any atom is -0.465 e. The third-order valence-corrected chi connectivity index (χ3v) is 10.1. The molecule has 1 atom stereocenters. The van der Waals surface area contributed by atoms with Crippen molar-refractivity contribution < 1.29 is 17.9 Å². The number of nitrogens with two attached hydrogens (primary N) is 1. The van der Waals surface area contributed by atoms with Crippen molar-refractivity contribution in [3.05, 3.63) is 95.3 Å². The highest BCUT2D eigenvalue weighted by atomic mass is 32.2. The third-order valence-electron chi connectivity index (χ3n) is 7.39. The van der Waals surface area contributed by atoms with Gasteiger partial charge in [0.05, 0.1) is 17.6 Å². The molecule has 5 rings (SSSR count). The van der Waals surface area contributed by atoms with Crippen molar-refractivity contribution in [2.24, 2.45) is 0 Å². The van der Waals surface area contributed by atoms with Gasteiger partial charge < -0.3 is 20.3 Å². The minimum atomic E-state index is -3.88. The first-order valence-electron chi connectivity index (χ1n) is 13.5. The highest BCUT2D eigenvalue weighted by molar-refractivity contribution is 7.89. The van der Waals surface area contributed by atoms with Crippen molar-refractivity contribution in [2.45, 2.75) is 17.2 Å². The van der Waals surface area contributed by atoms with Crippen molar-refractivity contribution in [3.8, 4) is 0 Å². The Balaban J connectivity index is 1.33. The number of aromatic nitrogens is 2. The smallest absolute Gasteiger partial charge is 0.339 e. The van der Waals surface area contributed by atoms with Gasteiger partial charge in [0.25, 0.3) is 0 Å². The summed E-state index contributed by atoms with van der Waals surface area (Å²) in [4.78, 5) is 21.2. The van der Waals surface area contributed by atoms with Crippen LogP contribution in [0.3, 0.4) is 0 Å². The molecule has 220 valence electrons. The molecule has 3 aromatic carbocycles. The van der Waals surface area contributed by atoms with Crippen molar-refractivity contribution in [1.82, 2.24) is 13.7 Å². The molecule has 1 aromatic heterocycles. The fraction of sp³-hybridized carbons (Fsp3) is 0.300. The van der Waals surface area contributed by atoms with E-state index in [2.05, 4.69) is 34.1 Å². The predicted molar refractivity (Wildman–Crippen MR) is 166 cm³/mol. The van der Waals surface area contributed by atoms with Crippen LogP contribution in [-0.4, -0.2) is 75.4 Å². The molecule has 0 saturated carbocycles. The van der Waals surface area contributed by atoms with Crippen LogP contribution in [0.15, 0.2) is 77.7 Å². The van der Waals surface area contributed by atoms with Crippen molar-refractivity contribution in [2.75, 3.05) is 62.9 Å². The van der Waals surface area contributed by atoms with Crippen molar-refractivity contribution in [3.63, 3.8) is 0 Å². The molecule has 0 amide bonds. The second-order valence-electron chi connectivity index (χ2n) is 10.3. The SMILES string of the molecule is COC(=O)c1ccccc1S(=O)(=O)N1CCN(c2nc(C(Cc3ccc(N(C)C)cc3)c3ccc(N)cc3)ns2)CC1. The Labute approximate surface area is 250 Å². The number of benzene rings is 3. The Morgan fingerprint density at radius 1 is 1.00 bits per heavy atom. The Kier molecular flexibility index (Phi) is 8.76. The van der Waals surface area contributed by atoms with Gasteiger partial charge in [-0.3, -0.25) is 0 Å². The zero-order chi connectivity index (χ0) is 29.9. The molecule has 1 aliphatic heterocycles. The van der Waals surface area contributed by atoms with Crippen LogP contribution < -0.4 is 15.5 Å². The molecule has 0 aliphatic carbocycles. The summed E-state index contributed by atoms with van der Waals surface area (Å²) < 4.78 is 37.8. The number of nitrogens with zero attached hydrogens (tertiary/aromatic N) is 5. The van der Waals surface area contributed by atoms with Gasteiger partial charge in [-0.2, -0.15) is 8.68 Å². The van der Waals surface area contributed by atoms with Crippen LogP contribution in [0.2, 0.25) is 0 Å². The number of anilines is 3. The molecule has 4 aromatic rings. The summed E-state index contributed by atoms with van der Waals surface area (Å²) in [5.74, 6) is -0.0330. The molecular weight excluding hydrogens is 573 g/mol. The number of rotatable bonds is 9. The number of esters is 1. The van der Waals surface area contributed by atoms with E-state index in [0.717, 1.165) is 28.6 Å². The third kappa shape index (κ3) is 6.25. The summed E-state index contributed by atoms with van der Waals surface area (Å²) >= 11 is 1.32. The summed E-state index contributed by atoms with van der Waals surface area (Å²) in [6.45, 7) is 1.41. The van der Waals surface area contributed by atoms with E-state index in [-0.39, 0.29) is 29.5 Å². The van der Waals surface area contributed by atoms with Crippen LogP contribution in [0.4, 0.5) is 16.5 Å². The Bertz CT molecular complexity index is 1630. The van der Waals surface area contributed by atoms with Crippen LogP contribution in [-0.2, 0) is 21.2 Å². The topological polar surface area (TPSA) is 122 Å². The largest absolute Gasteiger partial charge is 0.465 e. The van der Waals surface area contributed by atoms with Gasteiger partial charge in [-0.25, -0.2) is 18.2 Å². The monoisotopic (exact) mass is 606 g/mol. The highest BCUT2D eigenvalue weighted by Gasteiger charge is 2.33. The first-order valence-corrected chi connectivity index (χ1v) is 15.8. The Morgan fingerprint density at radius 2 is 1.67 bits per heavy atom. The molecule has 42 heavy (non-hydrogen) atoms. The molecule has 10 nitrogen and oxygen atoms in total. The van der Waals surface area contributed by atoms with Gasteiger partial charge in [0, 0.05) is 69.1 Å². The fourth-order valence-electron chi connectivity index (χ4n) is 4.98. The second-order valence-corrected chi connectivity index (χ2v) is 12.9. The normalized spacial score (nSPS) is 14.9. The van der Waals surface area contributed by atoms with Crippen LogP contribution >= 0.6 is 11.5 Å². The number of methoxy groups -OCH3 is 1. The number of nitrogen functional groups attached to an aromatic ring is 1. The van der Waals surface area contributed by atoms with Gasteiger partial charge in [-0.15, -0.1) is 0 Å². The molecule has 1 fully saturated rings. The van der Waals surface area contributed by atoms with Gasteiger partial charge in [0.15, 0.2) is 5.82 Å². The fourth-order valence-corrected chi connectivity index (χ4v) is 7.36. The number of carbonyl (C=O) groups excluding carboxylic acids is 1. The van der Waals surface area contributed by atoms with E-state index < -0.39 is 16.0 Å². The maximum Gasteiger partial charge on any atom is 0.339 e. The highest BCUT2D eigenvalue weighted by Crippen LogP contribution is 2.32. The average Bonchev–Trinajstić information content (AvgIpc) is 3.50. The molecule has 1 unspecified atom stereocenters. The molecular formula is C30H34N6O4S2. The standard InChI is InChI=1S/C30H34N6O4S2/c1-34(2)24-14-8-21(9-15-24)20-26(22-10-12-23(31)13-11-22)28-32-30(41-33-28)35-16-18-36(19-17-35)42(38,39)27-7-5-4-6-25(27)29(37)40-3/h4-15,26H,16-20,31H2,1-3H3. The number of piperazine rings is 1. The summed E-state index contributed by atoms with van der Waals surface area (Å²) in [5.41, 5.74) is 10.1. The van der Waals surface area contributed by atoms with E-state index in [1.807, 2.05) is 38.4 Å². The van der Waals surface area contributed by atoms with Gasteiger partial charge in [0.1, 0.15) is 0 Å². The van der Waals surface area contributed by atoms with Crippen LogP contribution in [0.5, 0.6) is 0 Å². The maximum atomic E-state index is 13.4. The number of sulfonamides is 1. The maximum absolute atomic E-state index is 13.4. The van der Waals surface area contributed by atoms with Crippen LogP contribution in [0, 0.1) is 0 Å². The van der Waals surface area contributed by atoms with E-state index in [4.69, 9.17) is 19.8 Å². The lowest BCUT2D eigenvalue weighted by Crippen LogP contribution is -2.48. The van der Waals surface area contributed by atoms with E-state index in [1.54, 1.807) is 12.1 Å². The number of carbonyl (C=O) groups is 1. The summed E-state index contributed by atoms with van der Waals surface area (Å²) in [6, 6.07) is 22.4. The molecule has 12 heteroatoms. The number of hydrogen-bond acceptors (Lipinski definition) is 10. The first-order chi connectivity index (χ1) is 20.2. The van der Waals surface area contributed by atoms with Gasteiger partial charge in [0.2, 0.25) is 15.2 Å². The number of hydrogen-bond donors (Lipinski definition) is 1. The molecule has 1 aliphatic rings. The number of ether oxygens (including phenoxy) is 1. The Hall–Kier alpha value is -4.00. The van der Waals surface area contributed by atoms with Crippen LogP contribution in [0.25, 0.3) is 0 Å². The molecule has 1 saturated heterocycles. The molecule has 0 spiro atoms. The van der Waals surface area contributed by atoms with Crippen LogP contribution in [0.1, 0.15) is 33.2 Å². The van der Waals surface area contributed by atoms with E-state index >= 15 is 0 Å².